The molecule has 15 heavy (non-hydrogen) atoms. The van der Waals surface area contributed by atoms with Gasteiger partial charge in [0.2, 0.25) is 0 Å². The van der Waals surface area contributed by atoms with Crippen molar-refractivity contribution in [3.05, 3.63) is 0 Å². The molecule has 2 saturated heterocycles. The molecular weight excluding hydrogens is 197 g/mol. The summed E-state index contributed by atoms with van der Waals surface area (Å²) in [5.74, 6) is 0. The molecule has 0 saturated carbocycles. The van der Waals surface area contributed by atoms with Crippen LogP contribution in [0.4, 0.5) is 4.39 Å². The first-order valence-electron chi connectivity index (χ1n) is 5.88. The highest BCUT2D eigenvalue weighted by Crippen LogP contribution is 2.22. The largest absolute Gasteiger partial charge is 0.380 e. The van der Waals surface area contributed by atoms with E-state index >= 15 is 0 Å². The number of hydrogen-bond acceptors (Lipinski definition) is 3. The Bertz CT molecular complexity index is 197. The Morgan fingerprint density at radius 3 is 2.93 bits per heavy atom. The Morgan fingerprint density at radius 1 is 1.47 bits per heavy atom. The van der Waals surface area contributed by atoms with Gasteiger partial charge in [-0.2, -0.15) is 0 Å². The van der Waals surface area contributed by atoms with Crippen molar-refractivity contribution < 1.29 is 13.9 Å². The summed E-state index contributed by atoms with van der Waals surface area (Å²) in [5, 5.41) is 0. The topological polar surface area (TPSA) is 21.7 Å². The normalized spacial score (nSPS) is 38.4. The van der Waals surface area contributed by atoms with Gasteiger partial charge in [0.15, 0.2) is 0 Å². The van der Waals surface area contributed by atoms with Crippen LogP contribution in [0.5, 0.6) is 0 Å². The van der Waals surface area contributed by atoms with Gasteiger partial charge in [0.25, 0.3) is 0 Å². The Morgan fingerprint density at radius 2 is 2.33 bits per heavy atom. The molecule has 0 bridgehead atoms. The minimum atomic E-state index is -0.834. The van der Waals surface area contributed by atoms with E-state index in [0.717, 1.165) is 32.6 Å². The van der Waals surface area contributed by atoms with E-state index in [1.165, 1.54) is 0 Å². The van der Waals surface area contributed by atoms with E-state index in [-0.39, 0.29) is 6.10 Å². The van der Waals surface area contributed by atoms with Crippen molar-refractivity contribution in [1.29, 1.82) is 0 Å². The van der Waals surface area contributed by atoms with Gasteiger partial charge in [-0.3, -0.25) is 4.90 Å². The number of ether oxygens (including phenoxy) is 2. The van der Waals surface area contributed by atoms with E-state index < -0.39 is 6.17 Å². The summed E-state index contributed by atoms with van der Waals surface area (Å²) in [7, 11) is 0. The molecule has 4 heteroatoms. The summed E-state index contributed by atoms with van der Waals surface area (Å²) in [4.78, 5) is 2.22. The van der Waals surface area contributed by atoms with Crippen LogP contribution >= 0.6 is 0 Å². The van der Waals surface area contributed by atoms with E-state index in [4.69, 9.17) is 9.47 Å². The van der Waals surface area contributed by atoms with Gasteiger partial charge in [-0.1, -0.05) is 0 Å². The minimum Gasteiger partial charge on any atom is -0.380 e. The van der Waals surface area contributed by atoms with Crippen LogP contribution in [0.25, 0.3) is 0 Å². The predicted molar refractivity (Wildman–Crippen MR) is 55.7 cm³/mol. The van der Waals surface area contributed by atoms with Gasteiger partial charge in [-0.15, -0.1) is 0 Å². The highest BCUT2D eigenvalue weighted by Gasteiger charge is 2.34. The van der Waals surface area contributed by atoms with Gasteiger partial charge in [0.1, 0.15) is 6.17 Å². The van der Waals surface area contributed by atoms with Gasteiger partial charge < -0.3 is 9.47 Å². The molecule has 0 aromatic heterocycles. The summed E-state index contributed by atoms with van der Waals surface area (Å²) in [5.41, 5.74) is 0. The molecule has 2 rings (SSSR count). The van der Waals surface area contributed by atoms with Gasteiger partial charge in [0, 0.05) is 32.3 Å². The molecule has 0 amide bonds. The summed E-state index contributed by atoms with van der Waals surface area (Å²) in [6.45, 7) is 5.58. The number of likely N-dealkylation sites (tertiary alicyclic amines) is 1. The first-order chi connectivity index (χ1) is 7.31. The number of hydrogen-bond donors (Lipinski definition) is 0. The van der Waals surface area contributed by atoms with Crippen molar-refractivity contribution in [3.63, 3.8) is 0 Å². The predicted octanol–water partition coefficient (Wildman–Crippen LogP) is 1.22. The average Bonchev–Trinajstić information content (AvgIpc) is 2.74. The van der Waals surface area contributed by atoms with Gasteiger partial charge >= 0.3 is 0 Å². The van der Waals surface area contributed by atoms with E-state index in [2.05, 4.69) is 4.90 Å². The van der Waals surface area contributed by atoms with Crippen LogP contribution in [0, 0.1) is 0 Å². The van der Waals surface area contributed by atoms with E-state index in [0.29, 0.717) is 19.2 Å². The molecule has 0 aliphatic carbocycles. The minimum absolute atomic E-state index is 0.187. The maximum Gasteiger partial charge on any atom is 0.139 e. The van der Waals surface area contributed by atoms with Gasteiger partial charge in [-0.05, 0) is 19.8 Å². The molecule has 3 atom stereocenters. The molecule has 2 aliphatic heterocycles. The van der Waals surface area contributed by atoms with Crippen LogP contribution in [0.1, 0.15) is 19.8 Å². The van der Waals surface area contributed by atoms with Crippen LogP contribution in [-0.4, -0.2) is 56.1 Å². The van der Waals surface area contributed by atoms with Gasteiger partial charge in [0.05, 0.1) is 12.7 Å². The lowest BCUT2D eigenvalue weighted by molar-refractivity contribution is -0.0504. The second kappa shape index (κ2) is 5.23. The van der Waals surface area contributed by atoms with Crippen LogP contribution in [0.2, 0.25) is 0 Å². The molecule has 0 aromatic rings. The number of rotatable bonds is 3. The van der Waals surface area contributed by atoms with Crippen LogP contribution in [0.15, 0.2) is 0 Å². The maximum absolute atomic E-state index is 13.7. The third-order valence-electron chi connectivity index (χ3n) is 3.32. The number of nitrogens with zero attached hydrogens (tertiary/aromatic N) is 1. The van der Waals surface area contributed by atoms with Crippen molar-refractivity contribution in [2.24, 2.45) is 0 Å². The molecule has 1 unspecified atom stereocenters. The van der Waals surface area contributed by atoms with Crippen molar-refractivity contribution in [1.82, 2.24) is 4.90 Å². The summed E-state index contributed by atoms with van der Waals surface area (Å²) >= 11 is 0. The molecule has 0 aromatic carbocycles. The van der Waals surface area contributed by atoms with Crippen LogP contribution in [0.3, 0.4) is 0 Å². The fourth-order valence-electron chi connectivity index (χ4n) is 2.45. The maximum atomic E-state index is 13.7. The molecule has 0 spiro atoms. The highest BCUT2D eigenvalue weighted by atomic mass is 19.1. The van der Waals surface area contributed by atoms with E-state index in [1.807, 2.05) is 6.92 Å². The number of halogens is 1. The quantitative estimate of drug-likeness (QED) is 0.709. The molecule has 2 aliphatic rings. The Labute approximate surface area is 90.5 Å². The molecule has 88 valence electrons. The van der Waals surface area contributed by atoms with Gasteiger partial charge in [-0.25, -0.2) is 4.39 Å². The lowest BCUT2D eigenvalue weighted by atomic mass is 10.0. The number of alkyl halides is 1. The van der Waals surface area contributed by atoms with Crippen molar-refractivity contribution in [2.45, 2.75) is 38.1 Å². The fourth-order valence-corrected chi connectivity index (χ4v) is 2.45. The zero-order chi connectivity index (χ0) is 10.7. The average molecular weight is 217 g/mol. The van der Waals surface area contributed by atoms with E-state index in [9.17, 15) is 4.39 Å². The Hall–Kier alpha value is -0.190. The zero-order valence-electron chi connectivity index (χ0n) is 9.32. The standard InChI is InChI=1S/C11H20FNO2/c1-2-15-11-3-5-13(7-10(11)12)9-4-6-14-8-9/h9-11H,2-8H2,1H3/t9?,10-,11+/m1/s1. The molecule has 0 radical (unpaired) electrons. The fraction of sp³-hybridized carbons (Fsp3) is 1.00. The van der Waals surface area contributed by atoms with E-state index in [1.54, 1.807) is 0 Å². The van der Waals surface area contributed by atoms with Crippen molar-refractivity contribution >= 4 is 0 Å². The highest BCUT2D eigenvalue weighted by molar-refractivity contribution is 4.86. The number of piperidine rings is 1. The summed E-state index contributed by atoms with van der Waals surface area (Å²) in [6, 6.07) is 0.436. The first-order valence-corrected chi connectivity index (χ1v) is 5.88. The van der Waals surface area contributed by atoms with Crippen LogP contribution < -0.4 is 0 Å². The summed E-state index contributed by atoms with van der Waals surface area (Å²) in [6.07, 6.45) is 0.838. The van der Waals surface area contributed by atoms with Crippen molar-refractivity contribution in [2.75, 3.05) is 32.9 Å². The molecule has 3 nitrogen and oxygen atoms in total. The Kier molecular flexibility index (Phi) is 3.94. The lowest BCUT2D eigenvalue weighted by Crippen LogP contribution is -2.50. The lowest BCUT2D eigenvalue weighted by Gasteiger charge is -2.37. The third kappa shape index (κ3) is 2.68. The second-order valence-electron chi connectivity index (χ2n) is 4.31. The van der Waals surface area contributed by atoms with Crippen molar-refractivity contribution in [3.8, 4) is 0 Å². The smallest absolute Gasteiger partial charge is 0.139 e. The monoisotopic (exact) mass is 217 g/mol. The zero-order valence-corrected chi connectivity index (χ0v) is 9.32. The third-order valence-corrected chi connectivity index (χ3v) is 3.32. The first kappa shape index (κ1) is 11.3. The molecule has 2 heterocycles. The molecule has 2 fully saturated rings. The van der Waals surface area contributed by atoms with Crippen LogP contribution in [-0.2, 0) is 9.47 Å². The second-order valence-corrected chi connectivity index (χ2v) is 4.31. The SMILES string of the molecule is CCO[C@H]1CCN(C2CCOC2)C[C@H]1F. The summed E-state index contributed by atoms with van der Waals surface area (Å²) < 4.78 is 24.4. The molecule has 0 N–H and O–H groups in total. The molecular formula is C11H20FNO2. The Balaban J connectivity index is 1.81.